The summed E-state index contributed by atoms with van der Waals surface area (Å²) in [6.45, 7) is 4.35. The lowest BCUT2D eigenvalue weighted by Gasteiger charge is -2.37. The van der Waals surface area contributed by atoms with Gasteiger partial charge in [-0.3, -0.25) is 4.79 Å². The average Bonchev–Trinajstić information content (AvgIpc) is 2.38. The van der Waals surface area contributed by atoms with Crippen molar-refractivity contribution in [2.24, 2.45) is 11.8 Å². The number of aliphatic carboxylic acids is 1. The van der Waals surface area contributed by atoms with Crippen LogP contribution in [0.4, 0.5) is 0 Å². The predicted molar refractivity (Wildman–Crippen MR) is 72.6 cm³/mol. The molecule has 2 fully saturated rings. The molecule has 0 spiro atoms. The summed E-state index contributed by atoms with van der Waals surface area (Å²) in [6.07, 6.45) is 10.1. The number of rotatable bonds is 4. The minimum atomic E-state index is -0.603. The molecule has 1 saturated carbocycles. The molecule has 2 aliphatic rings. The summed E-state index contributed by atoms with van der Waals surface area (Å²) in [7, 11) is 0. The highest BCUT2D eigenvalue weighted by atomic mass is 16.4. The number of likely N-dealkylation sites (tertiary alicyclic amines) is 1. The minimum Gasteiger partial charge on any atom is -0.481 e. The monoisotopic (exact) mass is 253 g/mol. The number of carboxylic acids is 1. The molecule has 2 rings (SSSR count). The van der Waals surface area contributed by atoms with Crippen molar-refractivity contribution in [3.63, 3.8) is 0 Å². The van der Waals surface area contributed by atoms with Gasteiger partial charge in [0.15, 0.2) is 0 Å². The molecule has 0 radical (unpaired) electrons. The Morgan fingerprint density at radius 2 is 1.94 bits per heavy atom. The Kier molecular flexibility index (Phi) is 5.04. The second-order valence-corrected chi connectivity index (χ2v) is 6.24. The van der Waals surface area contributed by atoms with Gasteiger partial charge in [0.25, 0.3) is 0 Å². The first-order valence-corrected chi connectivity index (χ1v) is 7.63. The fourth-order valence-corrected chi connectivity index (χ4v) is 3.60. The Balaban J connectivity index is 1.71. The highest BCUT2D eigenvalue weighted by Crippen LogP contribution is 2.28. The van der Waals surface area contributed by atoms with Gasteiger partial charge in [0.2, 0.25) is 0 Å². The summed E-state index contributed by atoms with van der Waals surface area (Å²) < 4.78 is 0. The normalized spacial score (nSPS) is 31.4. The number of hydrogen-bond donors (Lipinski definition) is 1. The molecule has 0 aromatic heterocycles. The molecule has 2 atom stereocenters. The van der Waals surface area contributed by atoms with Gasteiger partial charge in [0.05, 0.1) is 5.92 Å². The van der Waals surface area contributed by atoms with Gasteiger partial charge in [-0.25, -0.2) is 0 Å². The lowest BCUT2D eigenvalue weighted by atomic mass is 9.86. The summed E-state index contributed by atoms with van der Waals surface area (Å²) in [6, 6.07) is 0.448. The van der Waals surface area contributed by atoms with Crippen LogP contribution in [0.1, 0.15) is 58.3 Å². The summed E-state index contributed by atoms with van der Waals surface area (Å²) >= 11 is 0. The first-order chi connectivity index (χ1) is 8.66. The minimum absolute atomic E-state index is 0.106. The van der Waals surface area contributed by atoms with Gasteiger partial charge in [0.1, 0.15) is 0 Å². The van der Waals surface area contributed by atoms with Crippen molar-refractivity contribution in [3.8, 4) is 0 Å². The van der Waals surface area contributed by atoms with Crippen LogP contribution in [0.3, 0.4) is 0 Å². The van der Waals surface area contributed by atoms with E-state index in [1.807, 2.05) is 0 Å². The Labute approximate surface area is 111 Å². The van der Waals surface area contributed by atoms with Gasteiger partial charge in [-0.1, -0.05) is 32.1 Å². The van der Waals surface area contributed by atoms with E-state index in [4.69, 9.17) is 5.11 Å². The Morgan fingerprint density at radius 1 is 1.22 bits per heavy atom. The van der Waals surface area contributed by atoms with E-state index in [1.54, 1.807) is 0 Å². The van der Waals surface area contributed by atoms with Crippen LogP contribution in [-0.4, -0.2) is 35.1 Å². The first kappa shape index (κ1) is 13.9. The number of nitrogens with zero attached hydrogens (tertiary/aromatic N) is 1. The molecule has 1 heterocycles. The van der Waals surface area contributed by atoms with Gasteiger partial charge in [0, 0.05) is 6.04 Å². The van der Waals surface area contributed by atoms with E-state index in [0.29, 0.717) is 6.04 Å². The van der Waals surface area contributed by atoms with Crippen molar-refractivity contribution in [1.82, 2.24) is 4.90 Å². The molecule has 0 aromatic carbocycles. The molecule has 2 unspecified atom stereocenters. The lowest BCUT2D eigenvalue weighted by Crippen LogP contribution is -2.43. The molecule has 1 N–H and O–H groups in total. The van der Waals surface area contributed by atoms with Gasteiger partial charge in [-0.05, 0) is 45.2 Å². The maximum atomic E-state index is 11.0. The standard InChI is InChI=1S/C15H27NO2/c1-12-11-14(15(17)18)8-10-16(12)9-7-13-5-3-2-4-6-13/h12-14H,2-11H2,1H3,(H,17,18). The first-order valence-electron chi connectivity index (χ1n) is 7.63. The Morgan fingerprint density at radius 3 is 2.56 bits per heavy atom. The van der Waals surface area contributed by atoms with Gasteiger partial charge < -0.3 is 10.0 Å². The number of carboxylic acid groups (broad SMARTS) is 1. The maximum absolute atomic E-state index is 11.0. The zero-order valence-corrected chi connectivity index (χ0v) is 11.6. The largest absolute Gasteiger partial charge is 0.481 e. The highest BCUT2D eigenvalue weighted by molar-refractivity contribution is 5.70. The highest BCUT2D eigenvalue weighted by Gasteiger charge is 2.29. The van der Waals surface area contributed by atoms with E-state index in [9.17, 15) is 4.79 Å². The summed E-state index contributed by atoms with van der Waals surface area (Å²) in [5.41, 5.74) is 0. The SMILES string of the molecule is CC1CC(C(=O)O)CCN1CCC1CCCCC1. The number of carbonyl (C=O) groups is 1. The molecular weight excluding hydrogens is 226 g/mol. The fourth-order valence-electron chi connectivity index (χ4n) is 3.60. The van der Waals surface area contributed by atoms with Crippen LogP contribution in [0, 0.1) is 11.8 Å². The molecule has 1 aliphatic carbocycles. The average molecular weight is 253 g/mol. The van der Waals surface area contributed by atoms with Crippen LogP contribution >= 0.6 is 0 Å². The molecule has 3 nitrogen and oxygen atoms in total. The van der Waals surface area contributed by atoms with E-state index in [-0.39, 0.29) is 5.92 Å². The third-order valence-electron chi connectivity index (χ3n) is 4.91. The van der Waals surface area contributed by atoms with Crippen molar-refractivity contribution in [2.45, 2.75) is 64.3 Å². The van der Waals surface area contributed by atoms with E-state index >= 15 is 0 Å². The molecular formula is C15H27NO2. The van der Waals surface area contributed by atoms with E-state index in [2.05, 4.69) is 11.8 Å². The van der Waals surface area contributed by atoms with E-state index < -0.39 is 5.97 Å². The Bertz CT molecular complexity index is 274. The smallest absolute Gasteiger partial charge is 0.306 e. The summed E-state index contributed by atoms with van der Waals surface area (Å²) in [5, 5.41) is 9.06. The topological polar surface area (TPSA) is 40.5 Å². The third-order valence-corrected chi connectivity index (χ3v) is 4.91. The molecule has 1 aliphatic heterocycles. The van der Waals surface area contributed by atoms with Crippen molar-refractivity contribution in [2.75, 3.05) is 13.1 Å². The van der Waals surface area contributed by atoms with Crippen LogP contribution in [-0.2, 0) is 4.79 Å². The van der Waals surface area contributed by atoms with Crippen LogP contribution < -0.4 is 0 Å². The molecule has 0 aromatic rings. The maximum Gasteiger partial charge on any atom is 0.306 e. The second-order valence-electron chi connectivity index (χ2n) is 6.24. The summed E-state index contributed by atoms with van der Waals surface area (Å²) in [4.78, 5) is 13.5. The summed E-state index contributed by atoms with van der Waals surface area (Å²) in [5.74, 6) is 0.225. The molecule has 104 valence electrons. The van der Waals surface area contributed by atoms with Gasteiger partial charge in [-0.15, -0.1) is 0 Å². The fraction of sp³-hybridized carbons (Fsp3) is 0.933. The quantitative estimate of drug-likeness (QED) is 0.836. The molecule has 18 heavy (non-hydrogen) atoms. The van der Waals surface area contributed by atoms with Crippen molar-refractivity contribution in [1.29, 1.82) is 0 Å². The van der Waals surface area contributed by atoms with E-state index in [1.165, 1.54) is 45.1 Å². The van der Waals surface area contributed by atoms with Crippen LogP contribution in [0.15, 0.2) is 0 Å². The number of piperidine rings is 1. The van der Waals surface area contributed by atoms with Crippen molar-refractivity contribution < 1.29 is 9.90 Å². The Hall–Kier alpha value is -0.570. The van der Waals surface area contributed by atoms with Crippen molar-refractivity contribution in [3.05, 3.63) is 0 Å². The second kappa shape index (κ2) is 6.55. The molecule has 1 saturated heterocycles. The molecule has 0 bridgehead atoms. The zero-order valence-electron chi connectivity index (χ0n) is 11.6. The lowest BCUT2D eigenvalue weighted by molar-refractivity contribution is -0.144. The van der Waals surface area contributed by atoms with Crippen LogP contribution in [0.2, 0.25) is 0 Å². The van der Waals surface area contributed by atoms with Gasteiger partial charge in [-0.2, -0.15) is 0 Å². The predicted octanol–water partition coefficient (Wildman–Crippen LogP) is 3.14. The van der Waals surface area contributed by atoms with Crippen LogP contribution in [0.5, 0.6) is 0 Å². The van der Waals surface area contributed by atoms with Crippen LogP contribution in [0.25, 0.3) is 0 Å². The number of hydrogen-bond acceptors (Lipinski definition) is 2. The zero-order chi connectivity index (χ0) is 13.0. The molecule has 0 amide bonds. The van der Waals surface area contributed by atoms with Gasteiger partial charge >= 0.3 is 5.97 Å². The van der Waals surface area contributed by atoms with E-state index in [0.717, 1.165) is 25.3 Å². The van der Waals surface area contributed by atoms with Crippen molar-refractivity contribution >= 4 is 5.97 Å². The molecule has 3 heteroatoms. The third kappa shape index (κ3) is 3.71.